The largest absolute Gasteiger partial charge is 0.389 e. The molecule has 0 amide bonds. The van der Waals surface area contributed by atoms with E-state index in [1.54, 1.807) is 11.1 Å². The molecular weight excluding hydrogens is 258 g/mol. The van der Waals surface area contributed by atoms with Gasteiger partial charge in [-0.05, 0) is 54.9 Å². The number of aliphatic hydroxyl groups is 1. The van der Waals surface area contributed by atoms with Gasteiger partial charge in [0.25, 0.3) is 0 Å². The highest BCUT2D eigenvalue weighted by molar-refractivity contribution is 5.45. The molecular formula is C19H27NO. The maximum atomic E-state index is 9.96. The van der Waals surface area contributed by atoms with Crippen molar-refractivity contribution < 1.29 is 5.11 Å². The number of fused-ring (bicyclic) bond motifs is 4. The zero-order valence-electron chi connectivity index (χ0n) is 13.2. The molecule has 1 saturated carbocycles. The van der Waals surface area contributed by atoms with Gasteiger partial charge in [0.15, 0.2) is 0 Å². The monoisotopic (exact) mass is 285 g/mol. The van der Waals surface area contributed by atoms with Gasteiger partial charge in [0, 0.05) is 11.5 Å². The molecule has 2 heteroatoms. The topological polar surface area (TPSA) is 46.2 Å². The van der Waals surface area contributed by atoms with Crippen molar-refractivity contribution in [2.75, 3.05) is 0 Å². The normalized spacial score (nSPS) is 51.6. The zero-order valence-corrected chi connectivity index (χ0v) is 13.2. The third-order valence-corrected chi connectivity index (χ3v) is 7.14. The van der Waals surface area contributed by atoms with Gasteiger partial charge >= 0.3 is 0 Å². The Bertz CT molecular complexity index is 560. The van der Waals surface area contributed by atoms with Crippen molar-refractivity contribution in [2.24, 2.45) is 28.4 Å². The van der Waals surface area contributed by atoms with Gasteiger partial charge < -0.3 is 10.8 Å². The number of rotatable bonds is 0. The molecule has 4 aliphatic rings. The first-order valence-corrected chi connectivity index (χ1v) is 8.50. The van der Waals surface area contributed by atoms with E-state index in [0.29, 0.717) is 11.8 Å². The average molecular weight is 285 g/mol. The van der Waals surface area contributed by atoms with Gasteiger partial charge in [-0.3, -0.25) is 0 Å². The van der Waals surface area contributed by atoms with Crippen molar-refractivity contribution in [2.45, 2.75) is 58.1 Å². The third-order valence-electron chi connectivity index (χ3n) is 7.14. The molecule has 2 nitrogen and oxygen atoms in total. The second-order valence-electron chi connectivity index (χ2n) is 8.10. The number of nitrogens with two attached hydrogens (primary N) is 1. The number of hydrogen-bond acceptors (Lipinski definition) is 2. The molecule has 0 aromatic carbocycles. The van der Waals surface area contributed by atoms with E-state index in [1.807, 2.05) is 6.08 Å². The molecule has 21 heavy (non-hydrogen) atoms. The van der Waals surface area contributed by atoms with Crippen LogP contribution in [0.5, 0.6) is 0 Å². The van der Waals surface area contributed by atoms with Crippen molar-refractivity contribution in [1.82, 2.24) is 0 Å². The van der Waals surface area contributed by atoms with Crippen LogP contribution < -0.4 is 5.73 Å². The summed E-state index contributed by atoms with van der Waals surface area (Å²) in [6.45, 7) is 4.77. The van der Waals surface area contributed by atoms with Gasteiger partial charge in [-0.25, -0.2) is 0 Å². The molecule has 0 aliphatic heterocycles. The van der Waals surface area contributed by atoms with Gasteiger partial charge in [-0.1, -0.05) is 43.7 Å². The Balaban J connectivity index is 1.79. The summed E-state index contributed by atoms with van der Waals surface area (Å²) in [6.07, 6.45) is 14.5. The molecule has 0 aromatic rings. The van der Waals surface area contributed by atoms with Gasteiger partial charge in [0.05, 0.1) is 6.10 Å². The molecule has 4 aliphatic carbocycles. The standard InChI is InChI=1S/C19H27NO/c1-18-9-7-13(21)11-12(18)3-4-14-15-5-6-17(20)19(15,2)10-8-16(14)18/h5-7,9,12-13,16-17,21H,3-4,8,10-11,20H2,1-2H3/t12?,13-,16-,17-,18-,19-/m0/s1. The van der Waals surface area contributed by atoms with Crippen LogP contribution in [0.1, 0.15) is 46.0 Å². The van der Waals surface area contributed by atoms with Crippen LogP contribution in [-0.2, 0) is 0 Å². The maximum Gasteiger partial charge on any atom is 0.0724 e. The van der Waals surface area contributed by atoms with Gasteiger partial charge in [-0.15, -0.1) is 0 Å². The predicted molar refractivity (Wildman–Crippen MR) is 85.6 cm³/mol. The fraction of sp³-hybridized carbons (Fsp3) is 0.684. The first-order chi connectivity index (χ1) is 9.95. The number of allylic oxidation sites excluding steroid dienone is 3. The second kappa shape index (κ2) is 4.33. The molecule has 6 atom stereocenters. The second-order valence-corrected chi connectivity index (χ2v) is 8.10. The van der Waals surface area contributed by atoms with Crippen LogP contribution in [0.2, 0.25) is 0 Å². The molecule has 0 heterocycles. The van der Waals surface area contributed by atoms with E-state index in [4.69, 9.17) is 5.73 Å². The van der Waals surface area contributed by atoms with Crippen LogP contribution >= 0.6 is 0 Å². The summed E-state index contributed by atoms with van der Waals surface area (Å²) in [5.74, 6) is 1.29. The summed E-state index contributed by atoms with van der Waals surface area (Å²) in [5.41, 5.74) is 9.99. The molecule has 0 bridgehead atoms. The Labute approximate surface area is 127 Å². The first kappa shape index (κ1) is 13.8. The first-order valence-electron chi connectivity index (χ1n) is 8.50. The fourth-order valence-electron chi connectivity index (χ4n) is 5.60. The molecule has 0 spiro atoms. The Morgan fingerprint density at radius 3 is 2.86 bits per heavy atom. The molecule has 1 unspecified atom stereocenters. The lowest BCUT2D eigenvalue weighted by atomic mass is 9.51. The molecule has 1 fully saturated rings. The lowest BCUT2D eigenvalue weighted by Gasteiger charge is -2.54. The number of aliphatic hydroxyl groups excluding tert-OH is 1. The van der Waals surface area contributed by atoms with Crippen LogP contribution in [-0.4, -0.2) is 17.3 Å². The quantitative estimate of drug-likeness (QED) is 0.671. The summed E-state index contributed by atoms with van der Waals surface area (Å²) in [6, 6.07) is 0.190. The molecule has 3 N–H and O–H groups in total. The van der Waals surface area contributed by atoms with Crippen LogP contribution in [0.3, 0.4) is 0 Å². The Hall–Kier alpha value is -0.860. The van der Waals surface area contributed by atoms with E-state index in [2.05, 4.69) is 32.1 Å². The van der Waals surface area contributed by atoms with E-state index in [1.165, 1.54) is 25.7 Å². The number of hydrogen-bond donors (Lipinski definition) is 2. The Morgan fingerprint density at radius 2 is 2.05 bits per heavy atom. The highest BCUT2D eigenvalue weighted by Gasteiger charge is 2.52. The van der Waals surface area contributed by atoms with Gasteiger partial charge in [-0.2, -0.15) is 0 Å². The molecule has 4 rings (SSSR count). The van der Waals surface area contributed by atoms with Crippen molar-refractivity contribution in [3.05, 3.63) is 35.5 Å². The van der Waals surface area contributed by atoms with Gasteiger partial charge in [0.2, 0.25) is 0 Å². The van der Waals surface area contributed by atoms with Crippen molar-refractivity contribution in [1.29, 1.82) is 0 Å². The lowest BCUT2D eigenvalue weighted by molar-refractivity contribution is 0.0497. The third kappa shape index (κ3) is 1.72. The Kier molecular flexibility index (Phi) is 2.84. The fourth-order valence-corrected chi connectivity index (χ4v) is 5.60. The zero-order chi connectivity index (χ0) is 14.8. The molecule has 0 radical (unpaired) electrons. The van der Waals surface area contributed by atoms with Crippen molar-refractivity contribution in [3.63, 3.8) is 0 Å². The van der Waals surface area contributed by atoms with Crippen LogP contribution in [0.4, 0.5) is 0 Å². The van der Waals surface area contributed by atoms with E-state index in [9.17, 15) is 5.11 Å². The van der Waals surface area contributed by atoms with Crippen molar-refractivity contribution >= 4 is 0 Å². The van der Waals surface area contributed by atoms with E-state index in [0.717, 1.165) is 6.42 Å². The lowest BCUT2D eigenvalue weighted by Crippen LogP contribution is -2.47. The summed E-state index contributed by atoms with van der Waals surface area (Å²) < 4.78 is 0. The minimum atomic E-state index is -0.231. The molecule has 0 aromatic heterocycles. The summed E-state index contributed by atoms with van der Waals surface area (Å²) in [4.78, 5) is 0. The highest BCUT2D eigenvalue weighted by Crippen LogP contribution is 2.60. The van der Waals surface area contributed by atoms with Crippen molar-refractivity contribution in [3.8, 4) is 0 Å². The van der Waals surface area contributed by atoms with E-state index >= 15 is 0 Å². The maximum absolute atomic E-state index is 9.96. The summed E-state index contributed by atoms with van der Waals surface area (Å²) in [7, 11) is 0. The van der Waals surface area contributed by atoms with E-state index in [-0.39, 0.29) is 23.0 Å². The molecule has 114 valence electrons. The van der Waals surface area contributed by atoms with E-state index < -0.39 is 0 Å². The minimum absolute atomic E-state index is 0.174. The van der Waals surface area contributed by atoms with Crippen LogP contribution in [0.25, 0.3) is 0 Å². The van der Waals surface area contributed by atoms with Crippen LogP contribution in [0, 0.1) is 22.7 Å². The summed E-state index contributed by atoms with van der Waals surface area (Å²) in [5, 5.41) is 9.96. The molecule has 0 saturated heterocycles. The SMILES string of the molecule is C[C@]12CC[C@H]3C(=C1C=C[C@@H]2N)CCC1C[C@@H](O)C=C[C@@]13C. The average Bonchev–Trinajstić information content (AvgIpc) is 2.76. The highest BCUT2D eigenvalue weighted by atomic mass is 16.3. The predicted octanol–water partition coefficient (Wildman–Crippen LogP) is 3.33. The van der Waals surface area contributed by atoms with Crippen LogP contribution in [0.15, 0.2) is 35.5 Å². The Morgan fingerprint density at radius 1 is 1.24 bits per heavy atom. The minimum Gasteiger partial charge on any atom is -0.389 e. The van der Waals surface area contributed by atoms with Gasteiger partial charge in [0.1, 0.15) is 0 Å². The summed E-state index contributed by atoms with van der Waals surface area (Å²) >= 11 is 0. The smallest absolute Gasteiger partial charge is 0.0724 e.